The first kappa shape index (κ1) is 7.34. The van der Waals surface area contributed by atoms with Gasteiger partial charge in [0.15, 0.2) is 0 Å². The zero-order valence-electron chi connectivity index (χ0n) is 7.46. The molecule has 1 heterocycles. The average Bonchev–Trinajstić information content (AvgIpc) is 2.01. The molecule has 1 spiro atoms. The fourth-order valence-electron chi connectivity index (χ4n) is 3.46. The quantitative estimate of drug-likeness (QED) is 0.590. The maximum atomic E-state index is 6.19. The first-order valence-corrected chi connectivity index (χ1v) is 5.22. The van der Waals surface area contributed by atoms with Crippen molar-refractivity contribution in [3.63, 3.8) is 0 Å². The third-order valence-electron chi connectivity index (χ3n) is 4.34. The molecule has 0 aromatic rings. The van der Waals surface area contributed by atoms with Gasteiger partial charge in [0.05, 0.1) is 6.10 Å². The molecule has 3 fully saturated rings. The highest BCUT2D eigenvalue weighted by Crippen LogP contribution is 2.61. The lowest BCUT2D eigenvalue weighted by Gasteiger charge is -2.65. The molecule has 3 rings (SSSR count). The standard InChI is InChI=1S/C10H17NO/c11-8-7-3-1-6-12-9(7)10(8)4-2-5-10/h7-9H,1-6,11H2/t7-,8-,9-/m1/s1. The Balaban J connectivity index is 1.80. The van der Waals surface area contributed by atoms with Crippen molar-refractivity contribution in [2.75, 3.05) is 6.61 Å². The van der Waals surface area contributed by atoms with E-state index in [4.69, 9.17) is 10.5 Å². The summed E-state index contributed by atoms with van der Waals surface area (Å²) >= 11 is 0. The first-order valence-electron chi connectivity index (χ1n) is 5.22. The monoisotopic (exact) mass is 167 g/mol. The highest BCUT2D eigenvalue weighted by molar-refractivity contribution is 5.16. The zero-order chi connectivity index (χ0) is 8.18. The predicted octanol–water partition coefficient (Wildman–Crippen LogP) is 1.29. The van der Waals surface area contributed by atoms with Crippen LogP contribution in [-0.4, -0.2) is 18.8 Å². The summed E-state index contributed by atoms with van der Waals surface area (Å²) in [4.78, 5) is 0. The molecule has 2 N–H and O–H groups in total. The fraction of sp³-hybridized carbons (Fsp3) is 1.00. The second-order valence-electron chi connectivity index (χ2n) is 4.71. The summed E-state index contributed by atoms with van der Waals surface area (Å²) in [5.41, 5.74) is 6.64. The summed E-state index contributed by atoms with van der Waals surface area (Å²) in [6, 6.07) is 0.469. The van der Waals surface area contributed by atoms with Gasteiger partial charge in [-0.1, -0.05) is 6.42 Å². The summed E-state index contributed by atoms with van der Waals surface area (Å²) in [5, 5.41) is 0. The molecular formula is C10H17NO. The minimum atomic E-state index is 0.449. The normalized spacial score (nSPS) is 49.2. The van der Waals surface area contributed by atoms with Crippen LogP contribution in [0.15, 0.2) is 0 Å². The molecule has 1 aliphatic heterocycles. The maximum absolute atomic E-state index is 6.19. The van der Waals surface area contributed by atoms with Crippen molar-refractivity contribution in [3.8, 4) is 0 Å². The van der Waals surface area contributed by atoms with E-state index in [1.807, 2.05) is 0 Å². The summed E-state index contributed by atoms with van der Waals surface area (Å²) in [7, 11) is 0. The molecule has 2 heteroatoms. The van der Waals surface area contributed by atoms with E-state index < -0.39 is 0 Å². The van der Waals surface area contributed by atoms with E-state index in [1.165, 1.54) is 32.1 Å². The number of hydrogen-bond acceptors (Lipinski definition) is 2. The van der Waals surface area contributed by atoms with Crippen LogP contribution in [0.4, 0.5) is 0 Å². The Bertz CT molecular complexity index is 200. The number of nitrogens with two attached hydrogens (primary N) is 1. The van der Waals surface area contributed by atoms with Gasteiger partial charge in [0.25, 0.3) is 0 Å². The van der Waals surface area contributed by atoms with Crippen molar-refractivity contribution in [2.45, 2.75) is 44.2 Å². The summed E-state index contributed by atoms with van der Waals surface area (Å²) in [6.45, 7) is 0.982. The Morgan fingerprint density at radius 3 is 2.75 bits per heavy atom. The van der Waals surface area contributed by atoms with E-state index in [1.54, 1.807) is 0 Å². The second kappa shape index (κ2) is 2.24. The number of rotatable bonds is 0. The lowest BCUT2D eigenvalue weighted by molar-refractivity contribution is -0.229. The molecule has 0 bridgehead atoms. The van der Waals surface area contributed by atoms with Crippen LogP contribution in [0, 0.1) is 11.3 Å². The molecule has 2 saturated carbocycles. The van der Waals surface area contributed by atoms with Gasteiger partial charge < -0.3 is 10.5 Å². The van der Waals surface area contributed by atoms with Crippen molar-refractivity contribution >= 4 is 0 Å². The second-order valence-corrected chi connectivity index (χ2v) is 4.71. The van der Waals surface area contributed by atoms with Gasteiger partial charge in [-0.3, -0.25) is 0 Å². The van der Waals surface area contributed by atoms with Gasteiger partial charge >= 0.3 is 0 Å². The minimum absolute atomic E-state index is 0.449. The van der Waals surface area contributed by atoms with E-state index in [0.717, 1.165) is 6.61 Å². The molecule has 2 aliphatic carbocycles. The van der Waals surface area contributed by atoms with Crippen LogP contribution in [0.1, 0.15) is 32.1 Å². The van der Waals surface area contributed by atoms with Crippen LogP contribution < -0.4 is 5.73 Å². The van der Waals surface area contributed by atoms with E-state index >= 15 is 0 Å². The highest BCUT2D eigenvalue weighted by atomic mass is 16.5. The molecule has 1 saturated heterocycles. The van der Waals surface area contributed by atoms with Gasteiger partial charge in [-0.05, 0) is 25.7 Å². The SMILES string of the molecule is N[C@@H]1[C@H]2CCCO[C@H]2C12CCC2. The Kier molecular flexibility index (Phi) is 1.37. The van der Waals surface area contributed by atoms with Crippen molar-refractivity contribution in [1.82, 2.24) is 0 Å². The molecule has 68 valence electrons. The Labute approximate surface area is 73.5 Å². The smallest absolute Gasteiger partial charge is 0.0689 e. The van der Waals surface area contributed by atoms with Crippen LogP contribution in [0.25, 0.3) is 0 Å². The van der Waals surface area contributed by atoms with Gasteiger partial charge in [-0.15, -0.1) is 0 Å². The van der Waals surface area contributed by atoms with Crippen LogP contribution in [0.2, 0.25) is 0 Å². The third kappa shape index (κ3) is 0.647. The van der Waals surface area contributed by atoms with E-state index in [0.29, 0.717) is 23.5 Å². The third-order valence-corrected chi connectivity index (χ3v) is 4.34. The molecule has 0 amide bonds. The Hall–Kier alpha value is -0.0800. The van der Waals surface area contributed by atoms with E-state index in [9.17, 15) is 0 Å². The largest absolute Gasteiger partial charge is 0.377 e. The summed E-state index contributed by atoms with van der Waals surface area (Å²) < 4.78 is 5.83. The summed E-state index contributed by atoms with van der Waals surface area (Å²) in [5.74, 6) is 0.707. The topological polar surface area (TPSA) is 35.2 Å². The fourth-order valence-corrected chi connectivity index (χ4v) is 3.46. The Morgan fingerprint density at radius 2 is 2.08 bits per heavy atom. The molecule has 0 radical (unpaired) electrons. The maximum Gasteiger partial charge on any atom is 0.0689 e. The number of fused-ring (bicyclic) bond motifs is 2. The Morgan fingerprint density at radius 1 is 1.25 bits per heavy atom. The van der Waals surface area contributed by atoms with Crippen LogP contribution >= 0.6 is 0 Å². The van der Waals surface area contributed by atoms with Gasteiger partial charge in [-0.25, -0.2) is 0 Å². The molecular weight excluding hydrogens is 150 g/mol. The molecule has 0 aromatic heterocycles. The van der Waals surface area contributed by atoms with Crippen molar-refractivity contribution in [2.24, 2.45) is 17.1 Å². The molecule has 3 atom stereocenters. The van der Waals surface area contributed by atoms with Gasteiger partial charge in [0, 0.05) is 24.0 Å². The van der Waals surface area contributed by atoms with Gasteiger partial charge in [-0.2, -0.15) is 0 Å². The number of hydrogen-bond donors (Lipinski definition) is 1. The molecule has 0 aromatic carbocycles. The van der Waals surface area contributed by atoms with Crippen LogP contribution in [-0.2, 0) is 4.74 Å². The first-order chi connectivity index (χ1) is 5.84. The van der Waals surface area contributed by atoms with E-state index in [-0.39, 0.29) is 0 Å². The molecule has 3 aliphatic rings. The van der Waals surface area contributed by atoms with Gasteiger partial charge in [0.1, 0.15) is 0 Å². The van der Waals surface area contributed by atoms with Crippen molar-refractivity contribution in [3.05, 3.63) is 0 Å². The molecule has 2 nitrogen and oxygen atoms in total. The van der Waals surface area contributed by atoms with Crippen molar-refractivity contribution < 1.29 is 4.74 Å². The number of ether oxygens (including phenoxy) is 1. The predicted molar refractivity (Wildman–Crippen MR) is 46.7 cm³/mol. The van der Waals surface area contributed by atoms with E-state index in [2.05, 4.69) is 0 Å². The lowest BCUT2D eigenvalue weighted by atomic mass is 9.45. The lowest BCUT2D eigenvalue weighted by Crippen LogP contribution is -2.72. The minimum Gasteiger partial charge on any atom is -0.377 e. The van der Waals surface area contributed by atoms with Crippen LogP contribution in [0.3, 0.4) is 0 Å². The van der Waals surface area contributed by atoms with Crippen LogP contribution in [0.5, 0.6) is 0 Å². The van der Waals surface area contributed by atoms with Crippen molar-refractivity contribution in [1.29, 1.82) is 0 Å². The highest BCUT2D eigenvalue weighted by Gasteiger charge is 2.63. The molecule has 0 unspecified atom stereocenters. The zero-order valence-corrected chi connectivity index (χ0v) is 7.46. The summed E-state index contributed by atoms with van der Waals surface area (Å²) in [6.07, 6.45) is 7.12. The average molecular weight is 167 g/mol. The molecule has 12 heavy (non-hydrogen) atoms. The van der Waals surface area contributed by atoms with Gasteiger partial charge in [0.2, 0.25) is 0 Å².